The zero-order chi connectivity index (χ0) is 29.4. The number of phenolic OH excluding ortho intramolecular Hbond substituents is 1. The first-order chi connectivity index (χ1) is 19.8. The number of Topliss-reactive ketones (excluding diaryl/α,β-unsaturated/α-hetero) is 1. The monoisotopic (exact) mass is 562 g/mol. The number of fused-ring (bicyclic) bond motifs is 1. The number of rotatable bonds is 16. The van der Waals surface area contributed by atoms with Crippen LogP contribution >= 0.6 is 0 Å². The first-order valence-corrected chi connectivity index (χ1v) is 14.4. The predicted octanol–water partition coefficient (Wildman–Crippen LogP) is 3.75. The summed E-state index contributed by atoms with van der Waals surface area (Å²) in [7, 11) is 0. The number of benzene rings is 2. The lowest BCUT2D eigenvalue weighted by Gasteiger charge is -2.18. The second-order valence-electron chi connectivity index (χ2n) is 10.9. The van der Waals surface area contributed by atoms with Crippen molar-refractivity contribution in [2.45, 2.75) is 77.2 Å². The van der Waals surface area contributed by atoms with Gasteiger partial charge in [0.15, 0.2) is 18.2 Å². The highest BCUT2D eigenvalue weighted by atomic mass is 16.5. The van der Waals surface area contributed by atoms with Crippen molar-refractivity contribution in [3.8, 4) is 11.5 Å². The third-order valence-electron chi connectivity index (χ3n) is 7.60. The number of carbonyl (C=O) groups excluding carboxylic acids is 1. The predicted molar refractivity (Wildman–Crippen MR) is 159 cm³/mol. The summed E-state index contributed by atoms with van der Waals surface area (Å²) >= 11 is 0. The molecule has 0 unspecified atom stereocenters. The van der Waals surface area contributed by atoms with Crippen LogP contribution in [0.15, 0.2) is 64.4 Å². The normalized spacial score (nSPS) is 15.1. The van der Waals surface area contributed by atoms with Crippen molar-refractivity contribution in [3.05, 3.63) is 81.7 Å². The molecule has 0 aliphatic carbocycles. The minimum atomic E-state index is -0.588. The number of nitrogens with zero attached hydrogens (tertiary/aromatic N) is 2. The first-order valence-electron chi connectivity index (χ1n) is 14.4. The zero-order valence-electron chi connectivity index (χ0n) is 23.8. The maximum absolute atomic E-state index is 12.3. The van der Waals surface area contributed by atoms with Crippen LogP contribution in [0, 0.1) is 0 Å². The van der Waals surface area contributed by atoms with Gasteiger partial charge in [0, 0.05) is 37.4 Å². The number of hydrogen-bond acceptors (Lipinski definition) is 9. The number of ketones is 1. The van der Waals surface area contributed by atoms with E-state index in [1.54, 1.807) is 18.2 Å². The Morgan fingerprint density at radius 2 is 1.98 bits per heavy atom. The summed E-state index contributed by atoms with van der Waals surface area (Å²) in [6, 6.07) is 10.8. The van der Waals surface area contributed by atoms with E-state index in [0.29, 0.717) is 38.0 Å². The number of unbranched alkanes of at least 4 members (excludes halogenated alkanes) is 2. The molecule has 2 aliphatic rings. The molecule has 0 bridgehead atoms. The summed E-state index contributed by atoms with van der Waals surface area (Å²) in [4.78, 5) is 18.9. The minimum Gasteiger partial charge on any atom is -0.504 e. The van der Waals surface area contributed by atoms with Crippen LogP contribution in [-0.2, 0) is 24.2 Å². The lowest BCUT2D eigenvalue weighted by molar-refractivity contribution is -0.121. The molecule has 220 valence electrons. The van der Waals surface area contributed by atoms with E-state index in [0.717, 1.165) is 58.4 Å². The lowest BCUT2D eigenvalue weighted by Crippen LogP contribution is -2.22. The van der Waals surface area contributed by atoms with Crippen LogP contribution in [0.4, 0.5) is 0 Å². The number of aromatic hydroxyl groups is 1. The van der Waals surface area contributed by atoms with Crippen LogP contribution in [0.2, 0.25) is 0 Å². The molecule has 1 atom stereocenters. The van der Waals surface area contributed by atoms with E-state index in [-0.39, 0.29) is 31.3 Å². The first kappa shape index (κ1) is 30.5. The van der Waals surface area contributed by atoms with Crippen molar-refractivity contribution in [2.24, 2.45) is 16.5 Å². The Balaban J connectivity index is 1.32. The topological polar surface area (TPSA) is 155 Å². The molecule has 9 heteroatoms. The number of allylic oxidation sites excluding steroid dienone is 1. The van der Waals surface area contributed by atoms with E-state index >= 15 is 0 Å². The van der Waals surface area contributed by atoms with Gasteiger partial charge in [-0.05, 0) is 59.2 Å². The maximum atomic E-state index is 12.3. The molecule has 0 radical (unpaired) electrons. The molecule has 41 heavy (non-hydrogen) atoms. The molecule has 0 saturated heterocycles. The van der Waals surface area contributed by atoms with E-state index in [1.165, 1.54) is 0 Å². The molecule has 0 saturated carbocycles. The van der Waals surface area contributed by atoms with Gasteiger partial charge in [-0.3, -0.25) is 9.79 Å². The van der Waals surface area contributed by atoms with Crippen molar-refractivity contribution in [1.82, 2.24) is 4.90 Å². The number of aliphatic imine (C=N–C) groups is 1. The number of aryl methyl sites for hydroxylation is 1. The van der Waals surface area contributed by atoms with Gasteiger partial charge in [0.05, 0.1) is 24.6 Å². The molecule has 7 N–H and O–H groups in total. The Kier molecular flexibility index (Phi) is 10.7. The molecule has 0 amide bonds. The number of aliphatic hydroxyl groups is 2. The third kappa shape index (κ3) is 8.27. The number of nitrogens with two attached hydrogens (primary N) is 2. The number of carbonyl (C=O) groups is 1. The van der Waals surface area contributed by atoms with Crippen LogP contribution in [0.3, 0.4) is 0 Å². The highest BCUT2D eigenvalue weighted by molar-refractivity contribution is 5.87. The summed E-state index contributed by atoms with van der Waals surface area (Å²) in [5.74, 6) is 0.421. The van der Waals surface area contributed by atoms with Gasteiger partial charge < -0.3 is 36.4 Å². The van der Waals surface area contributed by atoms with Crippen molar-refractivity contribution in [3.63, 3.8) is 0 Å². The average Bonchev–Trinajstić information content (AvgIpc) is 3.53. The van der Waals surface area contributed by atoms with Crippen LogP contribution in [0.25, 0.3) is 0 Å². The van der Waals surface area contributed by atoms with Gasteiger partial charge in [0.2, 0.25) is 0 Å². The van der Waals surface area contributed by atoms with E-state index in [9.17, 15) is 20.1 Å². The summed E-state index contributed by atoms with van der Waals surface area (Å²) in [5, 5.41) is 30.3. The summed E-state index contributed by atoms with van der Waals surface area (Å²) in [5.41, 5.74) is 18.2. The number of phenols is 1. The highest BCUT2D eigenvalue weighted by Crippen LogP contribution is 2.33. The number of aliphatic hydroxyl groups excluding tert-OH is 2. The summed E-state index contributed by atoms with van der Waals surface area (Å²) in [6.45, 7) is 2.86. The van der Waals surface area contributed by atoms with Gasteiger partial charge in [-0.15, -0.1) is 0 Å². The van der Waals surface area contributed by atoms with Gasteiger partial charge in [0.1, 0.15) is 5.78 Å². The van der Waals surface area contributed by atoms with Gasteiger partial charge in [-0.2, -0.15) is 0 Å². The lowest BCUT2D eigenvalue weighted by atomic mass is 9.95. The molecule has 9 nitrogen and oxygen atoms in total. The third-order valence-corrected chi connectivity index (χ3v) is 7.60. The van der Waals surface area contributed by atoms with Gasteiger partial charge in [-0.1, -0.05) is 50.5 Å². The SMILES string of the molecule is CCCCC[C@@H](O)CC(=O)CCc1ccc(O)c(OCN2C=C3N=CC(Cc4cc(C(N)N)ccc4CO)=C3C2)c1. The molecule has 2 aromatic rings. The van der Waals surface area contributed by atoms with Crippen LogP contribution in [0.5, 0.6) is 11.5 Å². The second kappa shape index (κ2) is 14.4. The Bertz CT molecular complexity index is 1320. The fourth-order valence-corrected chi connectivity index (χ4v) is 5.16. The standard InChI is InChI=1S/C32H42N4O5/c1-2-3-4-5-26(38)15-27(39)10-6-21-7-11-30(40)31(12-21)41-20-36-17-28-25(16-35-29(28)18-36)14-24-13-22(32(33)34)8-9-23(24)19-37/h7-9,11-13,16,18,26,32,37-38,40H,2-6,10,14-15,17,19-20,33-34H2,1H3/t26-/m1/s1. The van der Waals surface area contributed by atoms with Gasteiger partial charge in [0.25, 0.3) is 0 Å². The van der Waals surface area contributed by atoms with E-state index in [1.807, 2.05) is 35.5 Å². The Labute approximate surface area is 241 Å². The molecular formula is C32H42N4O5. The second-order valence-corrected chi connectivity index (χ2v) is 10.9. The number of ether oxygens (including phenoxy) is 1. The molecule has 0 fully saturated rings. The fraction of sp³-hybridized carbons (Fsp3) is 0.438. The molecule has 2 aliphatic heterocycles. The largest absolute Gasteiger partial charge is 0.504 e. The highest BCUT2D eigenvalue weighted by Gasteiger charge is 2.25. The van der Waals surface area contributed by atoms with Crippen molar-refractivity contribution < 1.29 is 24.9 Å². The van der Waals surface area contributed by atoms with Crippen LogP contribution in [-0.4, -0.2) is 51.6 Å². The van der Waals surface area contributed by atoms with E-state index in [4.69, 9.17) is 16.2 Å². The van der Waals surface area contributed by atoms with Gasteiger partial charge in [-0.25, -0.2) is 0 Å². The van der Waals surface area contributed by atoms with Crippen molar-refractivity contribution in [1.29, 1.82) is 0 Å². The van der Waals surface area contributed by atoms with Crippen molar-refractivity contribution in [2.75, 3.05) is 13.3 Å². The van der Waals surface area contributed by atoms with Gasteiger partial charge >= 0.3 is 0 Å². The molecule has 0 aromatic heterocycles. The van der Waals surface area contributed by atoms with Crippen molar-refractivity contribution >= 4 is 12.0 Å². The average molecular weight is 563 g/mol. The maximum Gasteiger partial charge on any atom is 0.163 e. The van der Waals surface area contributed by atoms with E-state index in [2.05, 4.69) is 11.9 Å². The fourth-order valence-electron chi connectivity index (χ4n) is 5.16. The van der Waals surface area contributed by atoms with Crippen LogP contribution in [0.1, 0.15) is 73.9 Å². The Morgan fingerprint density at radius 3 is 2.73 bits per heavy atom. The molecule has 2 aromatic carbocycles. The van der Waals surface area contributed by atoms with E-state index < -0.39 is 12.3 Å². The molecule has 0 spiro atoms. The Hall–Kier alpha value is -3.50. The smallest absolute Gasteiger partial charge is 0.163 e. The summed E-state index contributed by atoms with van der Waals surface area (Å²) in [6.07, 6.45) is 8.00. The molecule has 2 heterocycles. The number of hydrogen-bond donors (Lipinski definition) is 5. The molecular weight excluding hydrogens is 520 g/mol. The summed E-state index contributed by atoms with van der Waals surface area (Å²) < 4.78 is 5.96. The van der Waals surface area contributed by atoms with Crippen LogP contribution < -0.4 is 16.2 Å². The zero-order valence-corrected chi connectivity index (χ0v) is 23.8. The minimum absolute atomic E-state index is 0.0333. The quantitative estimate of drug-likeness (QED) is 0.153. The Morgan fingerprint density at radius 1 is 1.15 bits per heavy atom. The molecule has 4 rings (SSSR count).